The van der Waals surface area contributed by atoms with Gasteiger partial charge >= 0.3 is 0 Å². The molecule has 0 amide bonds. The van der Waals surface area contributed by atoms with Crippen LogP contribution < -0.4 is 5.32 Å². The highest BCUT2D eigenvalue weighted by Crippen LogP contribution is 2.31. The monoisotopic (exact) mass is 242 g/mol. The standard InChI is InChI=1S/C14H18N4/c1-9(2)13-16-14(18-17-13)11-5-3-7-12-10(11)6-4-8-15-12/h3,5,7,9,15H,4,6,8H2,1-2H3,(H,16,17,18). The predicted octanol–water partition coefficient (Wildman–Crippen LogP) is 2.95. The Hall–Kier alpha value is -1.84. The van der Waals surface area contributed by atoms with Crippen LogP contribution in [0.1, 0.15) is 37.6 Å². The van der Waals surface area contributed by atoms with Gasteiger partial charge in [-0.05, 0) is 24.5 Å². The molecule has 0 aliphatic carbocycles. The van der Waals surface area contributed by atoms with Crippen LogP contribution in [0.5, 0.6) is 0 Å². The van der Waals surface area contributed by atoms with E-state index in [4.69, 9.17) is 0 Å². The zero-order valence-corrected chi connectivity index (χ0v) is 10.8. The lowest BCUT2D eigenvalue weighted by molar-refractivity contribution is 0.781. The van der Waals surface area contributed by atoms with Crippen LogP contribution in [0.25, 0.3) is 11.4 Å². The number of hydrogen-bond donors (Lipinski definition) is 2. The van der Waals surface area contributed by atoms with Crippen LogP contribution >= 0.6 is 0 Å². The lowest BCUT2D eigenvalue weighted by atomic mass is 9.97. The second-order valence-corrected chi connectivity index (χ2v) is 5.06. The molecule has 18 heavy (non-hydrogen) atoms. The first-order valence-corrected chi connectivity index (χ1v) is 6.54. The summed E-state index contributed by atoms with van der Waals surface area (Å²) in [7, 11) is 0. The van der Waals surface area contributed by atoms with Gasteiger partial charge in [0.2, 0.25) is 0 Å². The van der Waals surface area contributed by atoms with Crippen molar-refractivity contribution in [2.24, 2.45) is 0 Å². The molecule has 1 aromatic carbocycles. The topological polar surface area (TPSA) is 53.6 Å². The molecular weight excluding hydrogens is 224 g/mol. The summed E-state index contributed by atoms with van der Waals surface area (Å²) in [6, 6.07) is 6.31. The minimum Gasteiger partial charge on any atom is -0.385 e. The summed E-state index contributed by atoms with van der Waals surface area (Å²) in [6.07, 6.45) is 2.27. The van der Waals surface area contributed by atoms with Gasteiger partial charge in [0.25, 0.3) is 0 Å². The maximum Gasteiger partial charge on any atom is 0.181 e. The Labute approximate surface area is 107 Å². The Morgan fingerprint density at radius 1 is 1.28 bits per heavy atom. The fraction of sp³-hybridized carbons (Fsp3) is 0.429. The van der Waals surface area contributed by atoms with E-state index in [1.165, 1.54) is 17.7 Å². The van der Waals surface area contributed by atoms with Crippen LogP contribution in [-0.4, -0.2) is 21.7 Å². The molecule has 1 aromatic heterocycles. The molecule has 2 N–H and O–H groups in total. The number of nitrogens with one attached hydrogen (secondary N) is 2. The van der Waals surface area contributed by atoms with Gasteiger partial charge in [-0.15, -0.1) is 0 Å². The summed E-state index contributed by atoms with van der Waals surface area (Å²) in [5, 5.41) is 10.8. The molecule has 94 valence electrons. The highest BCUT2D eigenvalue weighted by molar-refractivity contribution is 5.70. The van der Waals surface area contributed by atoms with E-state index in [0.717, 1.165) is 30.2 Å². The van der Waals surface area contributed by atoms with Crippen LogP contribution in [0.3, 0.4) is 0 Å². The van der Waals surface area contributed by atoms with Crippen LogP contribution in [0.15, 0.2) is 18.2 Å². The zero-order chi connectivity index (χ0) is 12.5. The first-order chi connectivity index (χ1) is 8.75. The molecule has 0 saturated heterocycles. The number of anilines is 1. The van der Waals surface area contributed by atoms with E-state index in [0.29, 0.717) is 5.92 Å². The average molecular weight is 242 g/mol. The Balaban J connectivity index is 2.05. The number of aromatic amines is 1. The van der Waals surface area contributed by atoms with Gasteiger partial charge in [0.05, 0.1) is 0 Å². The van der Waals surface area contributed by atoms with E-state index in [1.54, 1.807) is 0 Å². The van der Waals surface area contributed by atoms with Gasteiger partial charge in [-0.2, -0.15) is 5.10 Å². The minimum atomic E-state index is 0.379. The summed E-state index contributed by atoms with van der Waals surface area (Å²) in [4.78, 5) is 4.59. The highest BCUT2D eigenvalue weighted by atomic mass is 15.2. The number of H-pyrrole nitrogens is 1. The van der Waals surface area contributed by atoms with Crippen molar-refractivity contribution in [2.45, 2.75) is 32.6 Å². The lowest BCUT2D eigenvalue weighted by Gasteiger charge is -2.19. The first kappa shape index (κ1) is 11.3. The number of rotatable bonds is 2. The minimum absolute atomic E-state index is 0.379. The van der Waals surface area contributed by atoms with Gasteiger partial charge in [0, 0.05) is 23.7 Å². The number of aromatic nitrogens is 3. The molecule has 1 aliphatic rings. The summed E-state index contributed by atoms with van der Waals surface area (Å²) in [6.45, 7) is 5.29. The van der Waals surface area contributed by atoms with Crippen LogP contribution in [0.2, 0.25) is 0 Å². The van der Waals surface area contributed by atoms with E-state index >= 15 is 0 Å². The molecule has 2 heterocycles. The van der Waals surface area contributed by atoms with E-state index in [1.807, 2.05) is 0 Å². The number of fused-ring (bicyclic) bond motifs is 1. The third kappa shape index (κ3) is 1.88. The molecule has 4 heteroatoms. The normalized spacial score (nSPS) is 14.4. The molecule has 4 nitrogen and oxygen atoms in total. The van der Waals surface area contributed by atoms with E-state index < -0.39 is 0 Å². The van der Waals surface area contributed by atoms with Crippen molar-refractivity contribution in [3.05, 3.63) is 29.6 Å². The van der Waals surface area contributed by atoms with Crippen molar-refractivity contribution in [1.29, 1.82) is 0 Å². The van der Waals surface area contributed by atoms with Crippen molar-refractivity contribution in [3.8, 4) is 11.4 Å². The van der Waals surface area contributed by atoms with Crippen molar-refractivity contribution < 1.29 is 0 Å². The summed E-state index contributed by atoms with van der Waals surface area (Å²) in [5.41, 5.74) is 3.73. The second-order valence-electron chi connectivity index (χ2n) is 5.06. The molecule has 0 atom stereocenters. The third-order valence-electron chi connectivity index (χ3n) is 3.39. The summed E-state index contributed by atoms with van der Waals surface area (Å²) >= 11 is 0. The maximum absolute atomic E-state index is 4.59. The second kappa shape index (κ2) is 4.44. The molecule has 0 bridgehead atoms. The van der Waals surface area contributed by atoms with Crippen molar-refractivity contribution in [1.82, 2.24) is 15.2 Å². The Kier molecular flexibility index (Phi) is 2.78. The highest BCUT2D eigenvalue weighted by Gasteiger charge is 2.16. The largest absolute Gasteiger partial charge is 0.385 e. The molecule has 0 radical (unpaired) electrons. The molecule has 1 aliphatic heterocycles. The number of hydrogen-bond acceptors (Lipinski definition) is 3. The molecule has 0 fully saturated rings. The van der Waals surface area contributed by atoms with Crippen molar-refractivity contribution >= 4 is 5.69 Å². The molecule has 0 spiro atoms. The third-order valence-corrected chi connectivity index (χ3v) is 3.39. The lowest BCUT2D eigenvalue weighted by Crippen LogP contribution is -2.12. The van der Waals surface area contributed by atoms with Crippen molar-refractivity contribution in [2.75, 3.05) is 11.9 Å². The Morgan fingerprint density at radius 2 is 2.17 bits per heavy atom. The van der Waals surface area contributed by atoms with Crippen molar-refractivity contribution in [3.63, 3.8) is 0 Å². The zero-order valence-electron chi connectivity index (χ0n) is 10.8. The maximum atomic E-state index is 4.59. The number of nitrogens with zero attached hydrogens (tertiary/aromatic N) is 2. The first-order valence-electron chi connectivity index (χ1n) is 6.54. The average Bonchev–Trinajstić information content (AvgIpc) is 2.87. The van der Waals surface area contributed by atoms with Gasteiger partial charge in [-0.1, -0.05) is 26.0 Å². The quantitative estimate of drug-likeness (QED) is 0.851. The van der Waals surface area contributed by atoms with Crippen LogP contribution in [-0.2, 0) is 6.42 Å². The van der Waals surface area contributed by atoms with Crippen LogP contribution in [0.4, 0.5) is 5.69 Å². The fourth-order valence-corrected chi connectivity index (χ4v) is 2.37. The smallest absolute Gasteiger partial charge is 0.181 e. The molecule has 2 aromatic rings. The number of benzene rings is 1. The molecule has 0 unspecified atom stereocenters. The van der Waals surface area contributed by atoms with E-state index in [2.05, 4.69) is 52.5 Å². The van der Waals surface area contributed by atoms with E-state index in [9.17, 15) is 0 Å². The van der Waals surface area contributed by atoms with Crippen LogP contribution in [0, 0.1) is 0 Å². The van der Waals surface area contributed by atoms with Gasteiger partial charge in [-0.25, -0.2) is 4.98 Å². The fourth-order valence-electron chi connectivity index (χ4n) is 2.37. The molecule has 3 rings (SSSR count). The van der Waals surface area contributed by atoms with Gasteiger partial charge in [0.1, 0.15) is 5.82 Å². The SMILES string of the molecule is CC(C)c1nc(-c2cccc3c2CCCN3)n[nH]1. The van der Waals surface area contributed by atoms with Gasteiger partial charge in [-0.3, -0.25) is 5.10 Å². The Bertz CT molecular complexity index is 557. The summed E-state index contributed by atoms with van der Waals surface area (Å²) in [5.74, 6) is 2.15. The predicted molar refractivity (Wildman–Crippen MR) is 72.7 cm³/mol. The molecular formula is C14H18N4. The summed E-state index contributed by atoms with van der Waals surface area (Å²) < 4.78 is 0. The Morgan fingerprint density at radius 3 is 2.94 bits per heavy atom. The molecule has 0 saturated carbocycles. The van der Waals surface area contributed by atoms with Gasteiger partial charge in [0.15, 0.2) is 5.82 Å². The van der Waals surface area contributed by atoms with E-state index in [-0.39, 0.29) is 0 Å². The van der Waals surface area contributed by atoms with Gasteiger partial charge < -0.3 is 5.32 Å².